The van der Waals surface area contributed by atoms with Crippen LogP contribution in [0.4, 0.5) is 17.2 Å². The average Bonchev–Trinajstić information content (AvgIpc) is 3.45. The summed E-state index contributed by atoms with van der Waals surface area (Å²) in [6.07, 6.45) is 8.70. The van der Waals surface area contributed by atoms with E-state index in [1.807, 2.05) is 54.4 Å². The van der Waals surface area contributed by atoms with Gasteiger partial charge in [-0.15, -0.1) is 0 Å². The molecule has 0 unspecified atom stereocenters. The molecule has 1 N–H and O–H groups in total. The maximum Gasteiger partial charge on any atom is 0.246 e. The van der Waals surface area contributed by atoms with Crippen LogP contribution in [0.2, 0.25) is 0 Å². The van der Waals surface area contributed by atoms with Gasteiger partial charge in [-0.2, -0.15) is 5.10 Å². The largest absolute Gasteiger partial charge is 0.488 e. The second kappa shape index (κ2) is 11.0. The fourth-order valence-corrected chi connectivity index (χ4v) is 6.44. The molecule has 2 fully saturated rings. The van der Waals surface area contributed by atoms with Crippen molar-refractivity contribution in [1.82, 2.24) is 34.4 Å². The van der Waals surface area contributed by atoms with Gasteiger partial charge >= 0.3 is 0 Å². The minimum Gasteiger partial charge on any atom is -0.488 e. The molecule has 2 bridgehead atoms. The number of likely N-dealkylation sites (tertiary alicyclic amines) is 1. The van der Waals surface area contributed by atoms with E-state index in [2.05, 4.69) is 54.4 Å². The van der Waals surface area contributed by atoms with E-state index in [-0.39, 0.29) is 11.9 Å². The van der Waals surface area contributed by atoms with E-state index in [0.717, 1.165) is 59.0 Å². The summed E-state index contributed by atoms with van der Waals surface area (Å²) in [6, 6.07) is 13.6. The molecule has 2 saturated heterocycles. The normalized spacial score (nSPS) is 18.5. The number of rotatable bonds is 6. The summed E-state index contributed by atoms with van der Waals surface area (Å²) in [5.41, 5.74) is 4.31. The van der Waals surface area contributed by atoms with Gasteiger partial charge in [-0.05, 0) is 62.0 Å². The Bertz CT molecular complexity index is 1950. The van der Waals surface area contributed by atoms with Crippen molar-refractivity contribution in [2.75, 3.05) is 56.6 Å². The fraction of sp³-hybridized carbons (Fsp3) is 0.303. The lowest BCUT2D eigenvalue weighted by Gasteiger charge is -2.40. The van der Waals surface area contributed by atoms with Crippen LogP contribution in [0, 0.1) is 12.8 Å². The first kappa shape index (κ1) is 27.3. The maximum atomic E-state index is 13.2. The first-order valence-corrected chi connectivity index (χ1v) is 15.2. The molecule has 0 spiro atoms. The van der Waals surface area contributed by atoms with Gasteiger partial charge in [0.2, 0.25) is 5.91 Å². The molecule has 1 amide bonds. The number of hydrogen-bond donors (Lipinski definition) is 1. The number of aryl methyl sites for hydroxylation is 1. The summed E-state index contributed by atoms with van der Waals surface area (Å²) in [5.74, 6) is 3.32. The predicted molar refractivity (Wildman–Crippen MR) is 170 cm³/mol. The second-order valence-electron chi connectivity index (χ2n) is 11.9. The molecule has 1 atom stereocenters. The number of anilines is 3. The summed E-state index contributed by atoms with van der Waals surface area (Å²) in [4.78, 5) is 33.1. The highest BCUT2D eigenvalue weighted by molar-refractivity contribution is 6.00. The van der Waals surface area contributed by atoms with Crippen LogP contribution in [-0.4, -0.2) is 92.7 Å². The van der Waals surface area contributed by atoms with Crippen molar-refractivity contribution in [3.05, 3.63) is 79.0 Å². The standard InChI is InChI=1S/C33H33N9O3/c1-21-13-23(4-7-28(21)45-25-9-10-42-29(14-25)35-20-37-42)38-33-31-26(34-19-36-33)5-6-27-32(31)44-18-24-17-40(27)11-12-41(24)30(43)8-3-22-15-39(2)16-22/h3-10,13-14,19-20,22,24H,11-12,15-18H2,1-2H3,(H,34,36,38)/b8-3+/t24-/m1/s1. The van der Waals surface area contributed by atoms with E-state index < -0.39 is 0 Å². The number of aromatic nitrogens is 5. The van der Waals surface area contributed by atoms with Crippen LogP contribution in [0.5, 0.6) is 17.2 Å². The number of amides is 1. The number of ether oxygens (including phenoxy) is 2. The number of pyridine rings is 1. The summed E-state index contributed by atoms with van der Waals surface area (Å²) < 4.78 is 14.4. The van der Waals surface area contributed by atoms with Gasteiger partial charge in [0, 0.05) is 56.6 Å². The number of benzene rings is 2. The molecule has 5 aromatic rings. The molecular weight excluding hydrogens is 570 g/mol. The van der Waals surface area contributed by atoms with Crippen molar-refractivity contribution >= 4 is 39.6 Å². The molecule has 2 aromatic carbocycles. The van der Waals surface area contributed by atoms with Crippen LogP contribution in [-0.2, 0) is 4.79 Å². The number of piperazine rings is 1. The lowest BCUT2D eigenvalue weighted by molar-refractivity contribution is -0.129. The SMILES string of the molecule is Cc1cc(Nc2ncnc3ccc4c(c23)OC[C@H]2CN4CCN2C(=O)/C=C/C2CN(C)C2)ccc1Oc1ccn2ncnc2c1. The van der Waals surface area contributed by atoms with Crippen molar-refractivity contribution < 1.29 is 14.3 Å². The van der Waals surface area contributed by atoms with E-state index in [1.54, 1.807) is 16.9 Å². The predicted octanol–water partition coefficient (Wildman–Crippen LogP) is 4.04. The first-order valence-electron chi connectivity index (χ1n) is 15.2. The molecule has 8 rings (SSSR count). The highest BCUT2D eigenvalue weighted by atomic mass is 16.5. The third kappa shape index (κ3) is 5.16. The molecule has 12 heteroatoms. The van der Waals surface area contributed by atoms with Crippen LogP contribution >= 0.6 is 0 Å². The zero-order valence-electron chi connectivity index (χ0n) is 25.1. The Balaban J connectivity index is 1.03. The number of nitrogens with one attached hydrogen (secondary N) is 1. The number of fused-ring (bicyclic) bond motifs is 7. The van der Waals surface area contributed by atoms with Crippen molar-refractivity contribution in [3.63, 3.8) is 0 Å². The monoisotopic (exact) mass is 603 g/mol. The van der Waals surface area contributed by atoms with Crippen molar-refractivity contribution in [3.8, 4) is 17.2 Å². The molecule has 228 valence electrons. The van der Waals surface area contributed by atoms with E-state index in [0.29, 0.717) is 42.8 Å². The fourth-order valence-electron chi connectivity index (χ4n) is 6.44. The number of carbonyl (C=O) groups excluding carboxylic acids is 1. The summed E-state index contributed by atoms with van der Waals surface area (Å²) in [5, 5.41) is 8.44. The van der Waals surface area contributed by atoms with Gasteiger partial charge in [-0.25, -0.2) is 19.5 Å². The Labute approximate surface area is 259 Å². The quantitative estimate of drug-likeness (QED) is 0.285. The number of hydrogen-bond acceptors (Lipinski definition) is 10. The van der Waals surface area contributed by atoms with Gasteiger partial charge in [0.15, 0.2) is 11.4 Å². The Morgan fingerprint density at radius 3 is 2.82 bits per heavy atom. The third-order valence-electron chi connectivity index (χ3n) is 8.78. The van der Waals surface area contributed by atoms with Crippen LogP contribution in [0.1, 0.15) is 5.56 Å². The first-order chi connectivity index (χ1) is 22.0. The smallest absolute Gasteiger partial charge is 0.246 e. The summed E-state index contributed by atoms with van der Waals surface area (Å²) in [6.45, 7) is 6.50. The van der Waals surface area contributed by atoms with Crippen molar-refractivity contribution in [2.45, 2.75) is 13.0 Å². The van der Waals surface area contributed by atoms with Crippen LogP contribution in [0.25, 0.3) is 16.6 Å². The molecule has 0 radical (unpaired) electrons. The lowest BCUT2D eigenvalue weighted by Crippen LogP contribution is -2.56. The van der Waals surface area contributed by atoms with Crippen LogP contribution in [0.3, 0.4) is 0 Å². The van der Waals surface area contributed by atoms with Gasteiger partial charge in [0.1, 0.15) is 36.6 Å². The zero-order chi connectivity index (χ0) is 30.5. The Morgan fingerprint density at radius 1 is 1.04 bits per heavy atom. The topological polar surface area (TPSA) is 113 Å². The van der Waals surface area contributed by atoms with Gasteiger partial charge in [-0.3, -0.25) is 4.79 Å². The van der Waals surface area contributed by atoms with E-state index in [1.165, 1.54) is 6.33 Å². The highest BCUT2D eigenvalue weighted by Gasteiger charge is 2.35. The molecule has 6 heterocycles. The van der Waals surface area contributed by atoms with E-state index >= 15 is 0 Å². The minimum atomic E-state index is -0.0517. The molecular formula is C33H33N9O3. The summed E-state index contributed by atoms with van der Waals surface area (Å²) in [7, 11) is 2.09. The van der Waals surface area contributed by atoms with Gasteiger partial charge < -0.3 is 29.5 Å². The third-order valence-corrected chi connectivity index (χ3v) is 8.78. The number of nitrogens with zero attached hydrogens (tertiary/aromatic N) is 8. The van der Waals surface area contributed by atoms with Gasteiger partial charge in [-0.1, -0.05) is 6.08 Å². The molecule has 45 heavy (non-hydrogen) atoms. The second-order valence-corrected chi connectivity index (χ2v) is 11.9. The molecule has 3 aliphatic heterocycles. The molecule has 3 aliphatic rings. The van der Waals surface area contributed by atoms with Crippen molar-refractivity contribution in [2.24, 2.45) is 5.92 Å². The molecule has 12 nitrogen and oxygen atoms in total. The van der Waals surface area contributed by atoms with E-state index in [9.17, 15) is 4.79 Å². The van der Waals surface area contributed by atoms with Gasteiger partial charge in [0.25, 0.3) is 0 Å². The Morgan fingerprint density at radius 2 is 1.96 bits per heavy atom. The molecule has 0 saturated carbocycles. The molecule has 3 aromatic heterocycles. The zero-order valence-corrected chi connectivity index (χ0v) is 25.1. The van der Waals surface area contributed by atoms with Crippen LogP contribution < -0.4 is 19.7 Å². The average molecular weight is 604 g/mol. The van der Waals surface area contributed by atoms with Crippen molar-refractivity contribution in [1.29, 1.82) is 0 Å². The van der Waals surface area contributed by atoms with Crippen LogP contribution in [0.15, 0.2) is 73.5 Å². The Kier molecular flexibility index (Phi) is 6.71. The van der Waals surface area contributed by atoms with E-state index in [4.69, 9.17) is 9.47 Å². The minimum absolute atomic E-state index is 0.0517. The maximum absolute atomic E-state index is 13.2. The van der Waals surface area contributed by atoms with Gasteiger partial charge in [0.05, 0.1) is 22.6 Å². The number of carbonyl (C=O) groups is 1. The Hall–Kier alpha value is -5.23. The molecule has 0 aliphatic carbocycles. The highest BCUT2D eigenvalue weighted by Crippen LogP contribution is 2.42. The lowest BCUT2D eigenvalue weighted by atomic mass is 10.0. The summed E-state index contributed by atoms with van der Waals surface area (Å²) >= 11 is 0.